The third-order valence-electron chi connectivity index (χ3n) is 6.23. The zero-order valence-corrected chi connectivity index (χ0v) is 18.3. The Morgan fingerprint density at radius 3 is 2.35 bits per heavy atom. The Labute approximate surface area is 194 Å². The lowest BCUT2D eigenvalue weighted by Gasteiger charge is -2.23. The molecule has 1 fully saturated rings. The second kappa shape index (κ2) is 8.60. The maximum atomic E-state index is 12.8. The summed E-state index contributed by atoms with van der Waals surface area (Å²) in [7, 11) is 0. The van der Waals surface area contributed by atoms with Crippen LogP contribution >= 0.6 is 0 Å². The molecule has 7 nitrogen and oxygen atoms in total. The second-order valence-electron chi connectivity index (χ2n) is 8.52. The van der Waals surface area contributed by atoms with Gasteiger partial charge in [0, 0.05) is 11.3 Å². The van der Waals surface area contributed by atoms with Crippen molar-refractivity contribution in [1.29, 1.82) is 0 Å². The predicted octanol–water partition coefficient (Wildman–Crippen LogP) is 4.19. The van der Waals surface area contributed by atoms with Crippen molar-refractivity contribution in [3.05, 3.63) is 65.5 Å². The summed E-state index contributed by atoms with van der Waals surface area (Å²) in [6.45, 7) is 1.81. The highest BCUT2D eigenvalue weighted by molar-refractivity contribution is 6.00. The number of nitrogens with two attached hydrogens (primary N) is 2. The van der Waals surface area contributed by atoms with E-state index in [4.69, 9.17) is 16.6 Å². The molecule has 5 rings (SSSR count). The number of benzene rings is 2. The lowest BCUT2D eigenvalue weighted by Crippen LogP contribution is -2.30. The molecule has 0 bridgehead atoms. The fourth-order valence-electron chi connectivity index (χ4n) is 4.47. The van der Waals surface area contributed by atoms with E-state index in [0.29, 0.717) is 34.7 Å². The van der Waals surface area contributed by atoms with Crippen LogP contribution in [0.25, 0.3) is 22.3 Å². The molecule has 1 saturated heterocycles. The van der Waals surface area contributed by atoms with Crippen LogP contribution in [-0.2, 0) is 12.6 Å². The highest BCUT2D eigenvalue weighted by Crippen LogP contribution is 2.36. The summed E-state index contributed by atoms with van der Waals surface area (Å²) in [5.41, 5.74) is 16.2. The van der Waals surface area contributed by atoms with E-state index in [1.165, 1.54) is 18.5 Å². The number of aromatic nitrogens is 4. The van der Waals surface area contributed by atoms with Gasteiger partial charge in [-0.3, -0.25) is 0 Å². The zero-order chi connectivity index (χ0) is 23.9. The van der Waals surface area contributed by atoms with Gasteiger partial charge in [0.2, 0.25) is 0 Å². The Morgan fingerprint density at radius 2 is 1.68 bits per heavy atom. The number of nitrogen functional groups attached to an aromatic ring is 2. The van der Waals surface area contributed by atoms with Crippen LogP contribution in [0.15, 0.2) is 48.8 Å². The highest BCUT2D eigenvalue weighted by Gasteiger charge is 2.30. The monoisotopic (exact) mass is 467 g/mol. The molecule has 176 valence electrons. The molecule has 0 aliphatic carbocycles. The normalized spacial score (nSPS) is 15.1. The number of hydrogen-bond acceptors (Lipinski definition) is 6. The summed E-state index contributed by atoms with van der Waals surface area (Å²) < 4.78 is 40.4. The first-order chi connectivity index (χ1) is 16.3. The van der Waals surface area contributed by atoms with Crippen molar-refractivity contribution in [1.82, 2.24) is 25.1 Å². The van der Waals surface area contributed by atoms with Crippen LogP contribution in [0.2, 0.25) is 0 Å². The molecule has 10 heteroatoms. The summed E-state index contributed by atoms with van der Waals surface area (Å²) in [4.78, 5) is 8.62. The minimum atomic E-state index is -4.35. The lowest BCUT2D eigenvalue weighted by molar-refractivity contribution is -0.137. The molecule has 0 radical (unpaired) electrons. The van der Waals surface area contributed by atoms with Crippen LogP contribution in [0.4, 0.5) is 24.7 Å². The molecule has 0 atom stereocenters. The fraction of sp³-hybridized carbons (Fsp3) is 0.292. The number of nitrogens with one attached hydrogen (secondary N) is 1. The third-order valence-corrected chi connectivity index (χ3v) is 6.23. The van der Waals surface area contributed by atoms with E-state index < -0.39 is 11.7 Å². The summed E-state index contributed by atoms with van der Waals surface area (Å²) in [5.74, 6) is 0.341. The number of fused-ring (bicyclic) bond motifs is 1. The molecule has 3 heterocycles. The topological polar surface area (TPSA) is 108 Å². The van der Waals surface area contributed by atoms with Gasteiger partial charge in [-0.2, -0.15) is 18.3 Å². The Kier molecular flexibility index (Phi) is 5.60. The van der Waals surface area contributed by atoms with Gasteiger partial charge in [-0.1, -0.05) is 24.3 Å². The van der Waals surface area contributed by atoms with Crippen molar-refractivity contribution in [2.45, 2.75) is 31.5 Å². The fourth-order valence-corrected chi connectivity index (χ4v) is 4.47. The number of alkyl halides is 3. The van der Waals surface area contributed by atoms with Crippen LogP contribution in [0.1, 0.15) is 35.6 Å². The van der Waals surface area contributed by atoms with Crippen molar-refractivity contribution in [3.63, 3.8) is 0 Å². The molecule has 34 heavy (non-hydrogen) atoms. The van der Waals surface area contributed by atoms with Gasteiger partial charge in [-0.05, 0) is 61.7 Å². The van der Waals surface area contributed by atoms with Crippen molar-refractivity contribution < 1.29 is 13.2 Å². The molecule has 0 amide bonds. The predicted molar refractivity (Wildman–Crippen MR) is 125 cm³/mol. The minimum absolute atomic E-state index is 0.201. The molecular formula is C24H24F3N7. The molecule has 2 aromatic carbocycles. The molecule has 5 N–H and O–H groups in total. The number of nitrogens with zero attached hydrogens (tertiary/aromatic N) is 4. The molecule has 4 aromatic rings. The number of hydrogen-bond donors (Lipinski definition) is 3. The number of anilines is 2. The smallest absolute Gasteiger partial charge is 0.398 e. The van der Waals surface area contributed by atoms with Crippen LogP contribution < -0.4 is 16.8 Å². The van der Waals surface area contributed by atoms with Gasteiger partial charge in [0.1, 0.15) is 17.8 Å². The number of rotatable bonds is 4. The van der Waals surface area contributed by atoms with E-state index in [1.54, 1.807) is 0 Å². The Balaban J connectivity index is 1.48. The summed E-state index contributed by atoms with van der Waals surface area (Å²) >= 11 is 0. The van der Waals surface area contributed by atoms with Crippen LogP contribution in [0.3, 0.4) is 0 Å². The Bertz CT molecular complexity index is 1320. The maximum Gasteiger partial charge on any atom is 0.416 e. The molecule has 0 unspecified atom stereocenters. The van der Waals surface area contributed by atoms with Gasteiger partial charge in [-0.25, -0.2) is 14.6 Å². The summed E-state index contributed by atoms with van der Waals surface area (Å²) in [5, 5.41) is 8.89. The molecule has 0 saturated carbocycles. The molecule has 1 aliphatic heterocycles. The zero-order valence-electron chi connectivity index (χ0n) is 18.3. The van der Waals surface area contributed by atoms with Crippen molar-refractivity contribution >= 4 is 22.5 Å². The number of halogens is 3. The third kappa shape index (κ3) is 4.16. The Morgan fingerprint density at radius 1 is 0.971 bits per heavy atom. The summed E-state index contributed by atoms with van der Waals surface area (Å²) in [6, 6.07) is 11.0. The van der Waals surface area contributed by atoms with Crippen LogP contribution in [0.5, 0.6) is 0 Å². The number of piperidine rings is 1. The van der Waals surface area contributed by atoms with Crippen molar-refractivity contribution in [2.24, 2.45) is 0 Å². The average molecular weight is 467 g/mol. The van der Waals surface area contributed by atoms with Crippen molar-refractivity contribution in [2.75, 3.05) is 24.6 Å². The second-order valence-corrected chi connectivity index (χ2v) is 8.52. The SMILES string of the molecule is Nc1cc(Cc2ccc(C(F)(F)F)cc2)ccc1-c1nn(C2CCNCC2)c2ncnc(N)c12. The van der Waals surface area contributed by atoms with Gasteiger partial charge in [-0.15, -0.1) is 0 Å². The first-order valence-corrected chi connectivity index (χ1v) is 11.1. The van der Waals surface area contributed by atoms with Gasteiger partial charge < -0.3 is 16.8 Å². The molecule has 1 aliphatic rings. The maximum absolute atomic E-state index is 12.8. The average Bonchev–Trinajstić information content (AvgIpc) is 3.20. The van der Waals surface area contributed by atoms with E-state index in [2.05, 4.69) is 15.3 Å². The van der Waals surface area contributed by atoms with Crippen LogP contribution in [0, 0.1) is 0 Å². The van der Waals surface area contributed by atoms with Gasteiger partial charge >= 0.3 is 6.18 Å². The van der Waals surface area contributed by atoms with E-state index in [9.17, 15) is 13.2 Å². The minimum Gasteiger partial charge on any atom is -0.398 e. The van der Waals surface area contributed by atoms with E-state index in [-0.39, 0.29) is 6.04 Å². The standard InChI is InChI=1S/C24H24F3N7/c25-24(26,27)16-4-1-14(2-5-16)11-15-3-6-18(19(28)12-15)21-20-22(29)31-13-32-23(20)34(33-21)17-7-9-30-10-8-17/h1-6,12-13,17,30H,7-11,28H2,(H2,29,31,32). The van der Waals surface area contributed by atoms with E-state index in [1.807, 2.05) is 22.9 Å². The first kappa shape index (κ1) is 22.1. The van der Waals surface area contributed by atoms with Crippen LogP contribution in [-0.4, -0.2) is 32.8 Å². The van der Waals surface area contributed by atoms with Gasteiger partial charge in [0.05, 0.1) is 17.0 Å². The molecular weight excluding hydrogens is 443 g/mol. The Hall–Kier alpha value is -3.66. The van der Waals surface area contributed by atoms with E-state index in [0.717, 1.165) is 54.8 Å². The highest BCUT2D eigenvalue weighted by atomic mass is 19.4. The largest absolute Gasteiger partial charge is 0.416 e. The summed E-state index contributed by atoms with van der Waals surface area (Å²) in [6.07, 6.45) is -0.588. The molecule has 0 spiro atoms. The van der Waals surface area contributed by atoms with E-state index >= 15 is 0 Å². The van der Waals surface area contributed by atoms with Crippen molar-refractivity contribution in [3.8, 4) is 11.3 Å². The van der Waals surface area contributed by atoms with Gasteiger partial charge in [0.15, 0.2) is 5.65 Å². The van der Waals surface area contributed by atoms with Gasteiger partial charge in [0.25, 0.3) is 0 Å². The quantitative estimate of drug-likeness (QED) is 0.389. The molecule has 2 aromatic heterocycles. The lowest BCUT2D eigenvalue weighted by atomic mass is 9.99. The first-order valence-electron chi connectivity index (χ1n) is 11.1.